The van der Waals surface area contributed by atoms with Crippen LogP contribution in [0.2, 0.25) is 0 Å². The summed E-state index contributed by atoms with van der Waals surface area (Å²) < 4.78 is 0. The van der Waals surface area contributed by atoms with Gasteiger partial charge in [0, 0.05) is 32.2 Å². The normalized spacial score (nSPS) is 21.8. The fraction of sp³-hybridized carbons (Fsp3) is 0.619. The number of guanidine groups is 1. The number of aliphatic imine (C=N–C) groups is 1. The Morgan fingerprint density at radius 3 is 2.78 bits per heavy atom. The standard InChI is InChI=1S/C21H31N5.HI/c1-23-21(24-15-18-8-5-7-17(13-18)14-22)25-19-9-6-12-26(16-19)20-10-3-2-4-11-20;/h5,7-8,13,19-20H,2-4,6,9-12,15-16H2,1H3,(H2,23,24,25);1H. The van der Waals surface area contributed by atoms with E-state index in [9.17, 15) is 0 Å². The van der Waals surface area contributed by atoms with E-state index in [1.165, 1.54) is 51.5 Å². The fourth-order valence-corrected chi connectivity index (χ4v) is 4.23. The van der Waals surface area contributed by atoms with Crippen LogP contribution in [-0.2, 0) is 6.54 Å². The van der Waals surface area contributed by atoms with Crippen LogP contribution in [-0.4, -0.2) is 43.1 Å². The van der Waals surface area contributed by atoms with Crippen LogP contribution in [0.25, 0.3) is 0 Å². The van der Waals surface area contributed by atoms with E-state index >= 15 is 0 Å². The van der Waals surface area contributed by atoms with Crippen LogP contribution in [0.15, 0.2) is 29.3 Å². The molecular weight excluding hydrogens is 449 g/mol. The first kappa shape index (κ1) is 22.0. The van der Waals surface area contributed by atoms with Gasteiger partial charge in [-0.3, -0.25) is 9.89 Å². The van der Waals surface area contributed by atoms with E-state index in [2.05, 4.69) is 26.6 Å². The molecule has 148 valence electrons. The molecule has 1 saturated carbocycles. The Balaban J connectivity index is 0.00000261. The van der Waals surface area contributed by atoms with Gasteiger partial charge in [-0.15, -0.1) is 24.0 Å². The van der Waals surface area contributed by atoms with Gasteiger partial charge in [-0.1, -0.05) is 31.4 Å². The van der Waals surface area contributed by atoms with E-state index in [1.54, 1.807) is 0 Å². The first-order valence-electron chi connectivity index (χ1n) is 9.99. The number of benzene rings is 1. The maximum atomic E-state index is 9.02. The summed E-state index contributed by atoms with van der Waals surface area (Å²) in [5.74, 6) is 0.850. The van der Waals surface area contributed by atoms with Crippen LogP contribution in [0, 0.1) is 11.3 Å². The van der Waals surface area contributed by atoms with Crippen molar-refractivity contribution in [2.75, 3.05) is 20.1 Å². The smallest absolute Gasteiger partial charge is 0.191 e. The van der Waals surface area contributed by atoms with Crippen molar-refractivity contribution in [3.05, 3.63) is 35.4 Å². The molecule has 0 amide bonds. The minimum Gasteiger partial charge on any atom is -0.352 e. The number of nitriles is 1. The number of halogens is 1. The highest BCUT2D eigenvalue weighted by Crippen LogP contribution is 2.25. The van der Waals surface area contributed by atoms with Gasteiger partial charge in [-0.2, -0.15) is 5.26 Å². The molecule has 2 fully saturated rings. The van der Waals surface area contributed by atoms with Gasteiger partial charge >= 0.3 is 0 Å². The van der Waals surface area contributed by atoms with Crippen molar-refractivity contribution >= 4 is 29.9 Å². The molecule has 2 N–H and O–H groups in total. The number of hydrogen-bond acceptors (Lipinski definition) is 3. The average molecular weight is 481 g/mol. The van der Waals surface area contributed by atoms with E-state index in [0.717, 1.165) is 24.1 Å². The molecule has 1 aliphatic carbocycles. The van der Waals surface area contributed by atoms with E-state index in [-0.39, 0.29) is 24.0 Å². The fourth-order valence-electron chi connectivity index (χ4n) is 4.23. The number of nitrogens with zero attached hydrogens (tertiary/aromatic N) is 3. The van der Waals surface area contributed by atoms with Crippen molar-refractivity contribution < 1.29 is 0 Å². The summed E-state index contributed by atoms with van der Waals surface area (Å²) in [6, 6.07) is 11.2. The monoisotopic (exact) mass is 481 g/mol. The molecule has 5 nitrogen and oxygen atoms in total. The molecule has 1 aliphatic heterocycles. The molecule has 2 aliphatic rings. The quantitative estimate of drug-likeness (QED) is 0.392. The van der Waals surface area contributed by atoms with Gasteiger partial charge in [0.25, 0.3) is 0 Å². The second-order valence-corrected chi connectivity index (χ2v) is 7.51. The highest BCUT2D eigenvalue weighted by atomic mass is 127. The Kier molecular flexibility index (Phi) is 9.35. The lowest BCUT2D eigenvalue weighted by Crippen LogP contribution is -2.53. The summed E-state index contributed by atoms with van der Waals surface area (Å²) in [4.78, 5) is 7.09. The highest BCUT2D eigenvalue weighted by Gasteiger charge is 2.27. The molecule has 0 spiro atoms. The van der Waals surface area contributed by atoms with E-state index < -0.39 is 0 Å². The molecule has 0 aromatic heterocycles. The molecule has 27 heavy (non-hydrogen) atoms. The summed E-state index contributed by atoms with van der Waals surface area (Å²) in [6.45, 7) is 3.04. The van der Waals surface area contributed by atoms with E-state index in [4.69, 9.17) is 5.26 Å². The first-order valence-corrected chi connectivity index (χ1v) is 9.99. The summed E-state index contributed by atoms with van der Waals surface area (Å²) in [6.07, 6.45) is 9.40. The first-order chi connectivity index (χ1) is 12.8. The van der Waals surface area contributed by atoms with Crippen molar-refractivity contribution in [1.82, 2.24) is 15.5 Å². The van der Waals surface area contributed by atoms with Crippen LogP contribution in [0.5, 0.6) is 0 Å². The number of rotatable bonds is 4. The predicted molar refractivity (Wildman–Crippen MR) is 121 cm³/mol. The zero-order chi connectivity index (χ0) is 18.2. The third-order valence-corrected chi connectivity index (χ3v) is 5.62. The zero-order valence-electron chi connectivity index (χ0n) is 16.3. The Morgan fingerprint density at radius 2 is 2.04 bits per heavy atom. The molecule has 1 heterocycles. The maximum absolute atomic E-state index is 9.02. The molecule has 1 aromatic rings. The largest absolute Gasteiger partial charge is 0.352 e. The number of piperidine rings is 1. The van der Waals surface area contributed by atoms with Gasteiger partial charge in [-0.05, 0) is 49.9 Å². The minimum atomic E-state index is 0. The van der Waals surface area contributed by atoms with Crippen LogP contribution in [0.4, 0.5) is 0 Å². The van der Waals surface area contributed by atoms with Crippen LogP contribution in [0.1, 0.15) is 56.1 Å². The molecule has 1 atom stereocenters. The number of nitrogens with one attached hydrogen (secondary N) is 2. The van der Waals surface area contributed by atoms with E-state index in [0.29, 0.717) is 18.2 Å². The van der Waals surface area contributed by atoms with Crippen molar-refractivity contribution in [2.45, 2.75) is 63.6 Å². The predicted octanol–water partition coefficient (Wildman–Crippen LogP) is 3.64. The Morgan fingerprint density at radius 1 is 1.22 bits per heavy atom. The van der Waals surface area contributed by atoms with E-state index in [1.807, 2.05) is 31.3 Å². The Bertz CT molecular complexity index is 648. The highest BCUT2D eigenvalue weighted by molar-refractivity contribution is 14.0. The molecular formula is C21H32IN5. The lowest BCUT2D eigenvalue weighted by Gasteiger charge is -2.40. The summed E-state index contributed by atoms with van der Waals surface area (Å²) in [7, 11) is 1.82. The molecule has 1 saturated heterocycles. The SMILES string of the molecule is CN=C(NCc1cccc(C#N)c1)NC1CCCN(C2CCCCC2)C1.I. The number of hydrogen-bond donors (Lipinski definition) is 2. The molecule has 6 heteroatoms. The molecule has 1 unspecified atom stereocenters. The topological polar surface area (TPSA) is 63.5 Å². The van der Waals surface area contributed by atoms with Crippen LogP contribution < -0.4 is 10.6 Å². The minimum absolute atomic E-state index is 0. The van der Waals surface area contributed by atoms with Crippen molar-refractivity contribution in [2.24, 2.45) is 4.99 Å². The second kappa shape index (κ2) is 11.5. The van der Waals surface area contributed by atoms with Gasteiger partial charge in [0.15, 0.2) is 5.96 Å². The van der Waals surface area contributed by atoms with Crippen molar-refractivity contribution in [3.8, 4) is 6.07 Å². The maximum Gasteiger partial charge on any atom is 0.191 e. The molecule has 0 bridgehead atoms. The number of likely N-dealkylation sites (tertiary alicyclic amines) is 1. The lowest BCUT2D eigenvalue weighted by molar-refractivity contribution is 0.115. The third kappa shape index (κ3) is 6.65. The zero-order valence-corrected chi connectivity index (χ0v) is 18.6. The second-order valence-electron chi connectivity index (χ2n) is 7.51. The summed E-state index contributed by atoms with van der Waals surface area (Å²) in [5.41, 5.74) is 1.79. The van der Waals surface area contributed by atoms with Crippen molar-refractivity contribution in [3.63, 3.8) is 0 Å². The third-order valence-electron chi connectivity index (χ3n) is 5.62. The van der Waals surface area contributed by atoms with Gasteiger partial charge < -0.3 is 10.6 Å². The van der Waals surface area contributed by atoms with Gasteiger partial charge in [0.2, 0.25) is 0 Å². The van der Waals surface area contributed by atoms with Crippen molar-refractivity contribution in [1.29, 1.82) is 5.26 Å². The summed E-state index contributed by atoms with van der Waals surface area (Å²) >= 11 is 0. The lowest BCUT2D eigenvalue weighted by atomic mass is 9.92. The summed E-state index contributed by atoms with van der Waals surface area (Å²) in [5, 5.41) is 16.0. The molecule has 3 rings (SSSR count). The molecule has 0 radical (unpaired) electrons. The van der Waals surface area contributed by atoms with Gasteiger partial charge in [-0.25, -0.2) is 0 Å². The van der Waals surface area contributed by atoms with Gasteiger partial charge in [0.1, 0.15) is 0 Å². The average Bonchev–Trinajstić information content (AvgIpc) is 2.72. The van der Waals surface area contributed by atoms with Crippen LogP contribution in [0.3, 0.4) is 0 Å². The molecule has 1 aromatic carbocycles. The Hall–Kier alpha value is -1.33. The van der Waals surface area contributed by atoms with Gasteiger partial charge in [0.05, 0.1) is 11.6 Å². The van der Waals surface area contributed by atoms with Crippen LogP contribution >= 0.6 is 24.0 Å². The Labute approximate surface area is 180 Å².